The number of ether oxygens (including phenoxy) is 1. The Hall–Kier alpha value is -0.120. The Labute approximate surface area is 131 Å². The summed E-state index contributed by atoms with van der Waals surface area (Å²) in [6.45, 7) is 13.6. The fourth-order valence-electron chi connectivity index (χ4n) is 4.00. The number of hydrogen-bond acceptors (Lipinski definition) is 3. The van der Waals surface area contributed by atoms with E-state index in [1.807, 2.05) is 0 Å². The molecule has 124 valence electrons. The van der Waals surface area contributed by atoms with Gasteiger partial charge in [0.05, 0.1) is 12.7 Å². The van der Waals surface area contributed by atoms with Crippen LogP contribution in [0.5, 0.6) is 0 Å². The normalized spacial score (nSPS) is 27.7. The predicted molar refractivity (Wildman–Crippen MR) is 89.7 cm³/mol. The van der Waals surface area contributed by atoms with Crippen LogP contribution >= 0.6 is 0 Å². The van der Waals surface area contributed by atoms with E-state index in [-0.39, 0.29) is 0 Å². The monoisotopic (exact) mass is 296 g/mol. The number of hydrogen-bond donors (Lipinski definition) is 1. The first kappa shape index (κ1) is 17.2. The molecule has 2 rings (SSSR count). The topological polar surface area (TPSA) is 24.5 Å². The van der Waals surface area contributed by atoms with Gasteiger partial charge in [-0.3, -0.25) is 4.90 Å². The van der Waals surface area contributed by atoms with Gasteiger partial charge in [-0.2, -0.15) is 0 Å². The summed E-state index contributed by atoms with van der Waals surface area (Å²) < 4.78 is 5.71. The van der Waals surface area contributed by atoms with Crippen LogP contribution in [0.3, 0.4) is 0 Å². The van der Waals surface area contributed by atoms with Crippen LogP contribution in [0.25, 0.3) is 0 Å². The van der Waals surface area contributed by atoms with Crippen molar-refractivity contribution in [2.45, 2.75) is 65.4 Å². The molecule has 3 nitrogen and oxygen atoms in total. The molecule has 2 aliphatic rings. The van der Waals surface area contributed by atoms with Crippen LogP contribution in [0.4, 0.5) is 0 Å². The minimum absolute atomic E-state index is 0.408. The second-order valence-electron chi connectivity index (χ2n) is 7.86. The molecule has 21 heavy (non-hydrogen) atoms. The van der Waals surface area contributed by atoms with Crippen LogP contribution in [0.1, 0.15) is 59.3 Å². The molecule has 1 aliphatic heterocycles. The van der Waals surface area contributed by atoms with Gasteiger partial charge in [0.2, 0.25) is 0 Å². The smallest absolute Gasteiger partial charge is 0.0674 e. The first-order chi connectivity index (χ1) is 10.1. The highest BCUT2D eigenvalue weighted by Crippen LogP contribution is 2.35. The van der Waals surface area contributed by atoms with Gasteiger partial charge >= 0.3 is 0 Å². The van der Waals surface area contributed by atoms with Crippen molar-refractivity contribution in [2.24, 2.45) is 11.3 Å². The lowest BCUT2D eigenvalue weighted by molar-refractivity contribution is -0.0343. The summed E-state index contributed by atoms with van der Waals surface area (Å²) in [7, 11) is 0. The summed E-state index contributed by atoms with van der Waals surface area (Å²) in [5.74, 6) is 0.747. The Morgan fingerprint density at radius 1 is 1.19 bits per heavy atom. The van der Waals surface area contributed by atoms with Gasteiger partial charge in [-0.05, 0) is 37.6 Å². The molecule has 1 unspecified atom stereocenters. The zero-order valence-electron chi connectivity index (χ0n) is 14.5. The summed E-state index contributed by atoms with van der Waals surface area (Å²) in [5, 5.41) is 3.77. The number of nitrogens with zero attached hydrogens (tertiary/aromatic N) is 1. The van der Waals surface area contributed by atoms with Gasteiger partial charge in [0.25, 0.3) is 0 Å². The quantitative estimate of drug-likeness (QED) is 0.761. The molecule has 0 aromatic heterocycles. The Kier molecular flexibility index (Phi) is 6.97. The maximum Gasteiger partial charge on any atom is 0.0674 e. The van der Waals surface area contributed by atoms with E-state index in [0.717, 1.165) is 32.2 Å². The molecule has 2 fully saturated rings. The minimum Gasteiger partial charge on any atom is -0.376 e. The highest BCUT2D eigenvalue weighted by atomic mass is 16.5. The molecule has 0 spiro atoms. The lowest BCUT2D eigenvalue weighted by Gasteiger charge is -2.41. The Bertz CT molecular complexity index is 285. The maximum atomic E-state index is 5.71. The van der Waals surface area contributed by atoms with E-state index in [1.165, 1.54) is 51.6 Å². The number of rotatable bonds is 6. The largest absolute Gasteiger partial charge is 0.376 e. The van der Waals surface area contributed by atoms with Gasteiger partial charge < -0.3 is 10.1 Å². The van der Waals surface area contributed by atoms with Crippen LogP contribution in [0.15, 0.2) is 0 Å². The second kappa shape index (κ2) is 8.50. The Morgan fingerprint density at radius 3 is 2.52 bits per heavy atom. The van der Waals surface area contributed by atoms with Crippen molar-refractivity contribution in [3.8, 4) is 0 Å². The molecular weight excluding hydrogens is 260 g/mol. The molecule has 1 atom stereocenters. The van der Waals surface area contributed by atoms with Crippen molar-refractivity contribution in [3.63, 3.8) is 0 Å². The summed E-state index contributed by atoms with van der Waals surface area (Å²) >= 11 is 0. The average Bonchev–Trinajstić information content (AvgIpc) is 2.64. The van der Waals surface area contributed by atoms with E-state index >= 15 is 0 Å². The maximum absolute atomic E-state index is 5.71. The fraction of sp³-hybridized carbons (Fsp3) is 1.00. The molecule has 0 bridgehead atoms. The second-order valence-corrected chi connectivity index (χ2v) is 7.86. The summed E-state index contributed by atoms with van der Waals surface area (Å²) in [6.07, 6.45) is 8.93. The molecule has 1 saturated carbocycles. The van der Waals surface area contributed by atoms with Crippen molar-refractivity contribution < 1.29 is 4.74 Å². The molecule has 0 aromatic rings. The van der Waals surface area contributed by atoms with Gasteiger partial charge in [-0.25, -0.2) is 0 Å². The fourth-order valence-corrected chi connectivity index (χ4v) is 4.00. The van der Waals surface area contributed by atoms with Crippen LogP contribution in [-0.2, 0) is 4.74 Å². The SMILES string of the molecule is CC(C)CNCC1(CN2CCOC(C)C2)CCCCCC1. The Balaban J connectivity index is 1.93. The van der Waals surface area contributed by atoms with E-state index in [4.69, 9.17) is 4.74 Å². The molecule has 0 aromatic carbocycles. The predicted octanol–water partition coefficient (Wildman–Crippen LogP) is 3.29. The average molecular weight is 296 g/mol. The van der Waals surface area contributed by atoms with Gasteiger partial charge in [0, 0.05) is 26.2 Å². The van der Waals surface area contributed by atoms with Crippen molar-refractivity contribution in [1.82, 2.24) is 10.2 Å². The lowest BCUT2D eigenvalue weighted by Crippen LogP contribution is -2.49. The van der Waals surface area contributed by atoms with Gasteiger partial charge in [0.15, 0.2) is 0 Å². The highest BCUT2D eigenvalue weighted by molar-refractivity contribution is 4.88. The van der Waals surface area contributed by atoms with Gasteiger partial charge in [-0.1, -0.05) is 39.5 Å². The first-order valence-corrected chi connectivity index (χ1v) is 9.14. The molecule has 1 aliphatic carbocycles. The summed E-state index contributed by atoms with van der Waals surface area (Å²) in [5.41, 5.74) is 0.502. The van der Waals surface area contributed by atoms with Crippen LogP contribution in [-0.4, -0.2) is 50.3 Å². The van der Waals surface area contributed by atoms with E-state index in [1.54, 1.807) is 0 Å². The highest BCUT2D eigenvalue weighted by Gasteiger charge is 2.33. The van der Waals surface area contributed by atoms with Crippen LogP contribution in [0.2, 0.25) is 0 Å². The van der Waals surface area contributed by atoms with E-state index < -0.39 is 0 Å². The van der Waals surface area contributed by atoms with Gasteiger partial charge in [-0.15, -0.1) is 0 Å². The zero-order chi connectivity index (χ0) is 15.1. The van der Waals surface area contributed by atoms with Crippen LogP contribution < -0.4 is 5.32 Å². The molecule has 1 heterocycles. The standard InChI is InChI=1S/C18H36N2O/c1-16(2)12-19-14-18(8-6-4-5-7-9-18)15-20-10-11-21-17(3)13-20/h16-17,19H,4-15H2,1-3H3. The van der Waals surface area contributed by atoms with Crippen molar-refractivity contribution in [3.05, 3.63) is 0 Å². The molecule has 0 amide bonds. The third kappa shape index (κ3) is 5.88. The number of nitrogens with one attached hydrogen (secondary N) is 1. The molecule has 3 heteroatoms. The summed E-state index contributed by atoms with van der Waals surface area (Å²) in [6, 6.07) is 0. The molecule has 0 radical (unpaired) electrons. The van der Waals surface area contributed by atoms with Crippen LogP contribution in [0, 0.1) is 11.3 Å². The van der Waals surface area contributed by atoms with E-state index in [2.05, 4.69) is 31.0 Å². The van der Waals surface area contributed by atoms with Crippen molar-refractivity contribution in [2.75, 3.05) is 39.3 Å². The van der Waals surface area contributed by atoms with E-state index in [9.17, 15) is 0 Å². The third-order valence-corrected chi connectivity index (χ3v) is 5.10. The minimum atomic E-state index is 0.408. The van der Waals surface area contributed by atoms with Crippen molar-refractivity contribution >= 4 is 0 Å². The molecular formula is C18H36N2O. The third-order valence-electron chi connectivity index (χ3n) is 5.10. The lowest BCUT2D eigenvalue weighted by atomic mass is 9.79. The van der Waals surface area contributed by atoms with Crippen molar-refractivity contribution in [1.29, 1.82) is 0 Å². The van der Waals surface area contributed by atoms with Gasteiger partial charge in [0.1, 0.15) is 0 Å². The first-order valence-electron chi connectivity index (χ1n) is 9.14. The van der Waals surface area contributed by atoms with E-state index in [0.29, 0.717) is 11.5 Å². The zero-order valence-corrected chi connectivity index (χ0v) is 14.5. The Morgan fingerprint density at radius 2 is 1.90 bits per heavy atom. The number of morpholine rings is 1. The molecule has 1 N–H and O–H groups in total. The molecule has 1 saturated heterocycles. The summed E-state index contributed by atoms with van der Waals surface area (Å²) in [4.78, 5) is 2.66.